The smallest absolute Gasteiger partial charge is 0.136 e. The van der Waals surface area contributed by atoms with Crippen LogP contribution in [0.25, 0.3) is 6.08 Å². The van der Waals surface area contributed by atoms with Gasteiger partial charge in [-0.25, -0.2) is 0 Å². The van der Waals surface area contributed by atoms with Crippen molar-refractivity contribution < 1.29 is 4.79 Å². The summed E-state index contributed by atoms with van der Waals surface area (Å²) in [6.07, 6.45) is 9.36. The molecule has 0 aromatic heterocycles. The van der Waals surface area contributed by atoms with Crippen molar-refractivity contribution in [3.05, 3.63) is 42.0 Å². The molecule has 0 N–H and O–H groups in total. The van der Waals surface area contributed by atoms with Gasteiger partial charge in [-0.2, -0.15) is 0 Å². The van der Waals surface area contributed by atoms with Crippen molar-refractivity contribution in [3.8, 4) is 0 Å². The minimum atomic E-state index is 0.286. The van der Waals surface area contributed by atoms with Crippen LogP contribution < -0.4 is 0 Å². The van der Waals surface area contributed by atoms with Crippen LogP contribution in [0.3, 0.4) is 0 Å². The number of allylic oxidation sites excluding steroid dienone is 1. The zero-order chi connectivity index (χ0) is 11.2. The Kier molecular flexibility index (Phi) is 3.92. The van der Waals surface area contributed by atoms with E-state index in [-0.39, 0.29) is 5.92 Å². The van der Waals surface area contributed by atoms with E-state index in [2.05, 4.69) is 24.3 Å². The van der Waals surface area contributed by atoms with Gasteiger partial charge in [-0.05, 0) is 24.8 Å². The van der Waals surface area contributed by atoms with Gasteiger partial charge in [-0.1, -0.05) is 48.9 Å². The Balaban J connectivity index is 1.87. The van der Waals surface area contributed by atoms with Gasteiger partial charge in [-0.15, -0.1) is 0 Å². The third-order valence-corrected chi connectivity index (χ3v) is 3.21. The summed E-state index contributed by atoms with van der Waals surface area (Å²) >= 11 is 0. The summed E-state index contributed by atoms with van der Waals surface area (Å²) in [6, 6.07) is 10.2. The van der Waals surface area contributed by atoms with E-state index in [1.54, 1.807) is 0 Å². The highest BCUT2D eigenvalue weighted by Gasteiger charge is 2.20. The lowest BCUT2D eigenvalue weighted by molar-refractivity contribution is -0.124. The lowest BCUT2D eigenvalue weighted by Gasteiger charge is -2.18. The molecule has 84 valence electrons. The molecule has 1 atom stereocenters. The first kappa shape index (κ1) is 11.1. The number of rotatable bonds is 3. The number of benzene rings is 1. The molecule has 1 aliphatic carbocycles. The number of Topliss-reactive ketones (excluding diaryl/α,β-unsaturated/α-hetero) is 1. The molecule has 1 heteroatoms. The Hall–Kier alpha value is -1.37. The molecule has 0 spiro atoms. The monoisotopic (exact) mass is 214 g/mol. The second-order valence-electron chi connectivity index (χ2n) is 4.46. The fraction of sp³-hybridized carbons (Fsp3) is 0.400. The second-order valence-corrected chi connectivity index (χ2v) is 4.46. The van der Waals surface area contributed by atoms with Crippen molar-refractivity contribution in [2.24, 2.45) is 5.92 Å². The fourth-order valence-electron chi connectivity index (χ4n) is 2.24. The minimum absolute atomic E-state index is 0.286. The van der Waals surface area contributed by atoms with Crippen LogP contribution in [0.2, 0.25) is 0 Å². The van der Waals surface area contributed by atoms with Gasteiger partial charge in [0.25, 0.3) is 0 Å². The van der Waals surface area contributed by atoms with Gasteiger partial charge in [0.1, 0.15) is 5.78 Å². The molecule has 1 nitrogen and oxygen atoms in total. The predicted molar refractivity (Wildman–Crippen MR) is 67.1 cm³/mol. The van der Waals surface area contributed by atoms with Crippen LogP contribution in [-0.2, 0) is 4.79 Å². The van der Waals surface area contributed by atoms with E-state index in [1.807, 2.05) is 18.2 Å². The van der Waals surface area contributed by atoms with Crippen molar-refractivity contribution in [1.82, 2.24) is 0 Å². The zero-order valence-corrected chi connectivity index (χ0v) is 9.56. The normalized spacial score (nSPS) is 21.5. The molecule has 1 aliphatic rings. The van der Waals surface area contributed by atoms with Gasteiger partial charge in [0, 0.05) is 12.3 Å². The molecule has 1 fully saturated rings. The Morgan fingerprint density at radius 2 is 2.00 bits per heavy atom. The van der Waals surface area contributed by atoms with Crippen molar-refractivity contribution in [3.63, 3.8) is 0 Å². The first-order valence-corrected chi connectivity index (χ1v) is 6.10. The standard InChI is InChI=1S/C15H18O/c16-15-12-5-4-10-14(15)11-6-9-13-7-2-1-3-8-13/h1-3,6-9,14H,4-5,10-12H2/b9-6+/t14-/m0/s1. The predicted octanol–water partition coefficient (Wildman–Crippen LogP) is 3.85. The van der Waals surface area contributed by atoms with Gasteiger partial charge in [0.15, 0.2) is 0 Å². The highest BCUT2D eigenvalue weighted by Crippen LogP contribution is 2.23. The van der Waals surface area contributed by atoms with Crippen molar-refractivity contribution in [2.45, 2.75) is 32.1 Å². The van der Waals surface area contributed by atoms with Crippen LogP contribution in [0.4, 0.5) is 0 Å². The first-order valence-electron chi connectivity index (χ1n) is 6.10. The molecule has 0 radical (unpaired) electrons. The van der Waals surface area contributed by atoms with Crippen molar-refractivity contribution >= 4 is 11.9 Å². The van der Waals surface area contributed by atoms with Crippen molar-refractivity contribution in [2.75, 3.05) is 0 Å². The van der Waals surface area contributed by atoms with E-state index >= 15 is 0 Å². The van der Waals surface area contributed by atoms with Gasteiger partial charge < -0.3 is 0 Å². The Bertz CT molecular complexity index is 364. The summed E-state index contributed by atoms with van der Waals surface area (Å²) in [5.74, 6) is 0.748. The lowest BCUT2D eigenvalue weighted by atomic mass is 9.85. The van der Waals surface area contributed by atoms with Gasteiger partial charge >= 0.3 is 0 Å². The molecule has 1 saturated carbocycles. The van der Waals surface area contributed by atoms with E-state index in [4.69, 9.17) is 0 Å². The van der Waals surface area contributed by atoms with E-state index in [1.165, 1.54) is 12.0 Å². The molecule has 16 heavy (non-hydrogen) atoms. The van der Waals surface area contributed by atoms with E-state index in [0.29, 0.717) is 5.78 Å². The van der Waals surface area contributed by atoms with Crippen molar-refractivity contribution in [1.29, 1.82) is 0 Å². The summed E-state index contributed by atoms with van der Waals surface area (Å²) in [4.78, 5) is 11.6. The van der Waals surface area contributed by atoms with Gasteiger partial charge in [0.2, 0.25) is 0 Å². The molecule has 0 saturated heterocycles. The maximum absolute atomic E-state index is 11.6. The number of hydrogen-bond acceptors (Lipinski definition) is 1. The third-order valence-electron chi connectivity index (χ3n) is 3.21. The first-order chi connectivity index (χ1) is 7.86. The fourth-order valence-corrected chi connectivity index (χ4v) is 2.24. The summed E-state index contributed by atoms with van der Waals surface area (Å²) in [6.45, 7) is 0. The van der Waals surface area contributed by atoms with Crippen LogP contribution in [0, 0.1) is 5.92 Å². The summed E-state index contributed by atoms with van der Waals surface area (Å²) in [7, 11) is 0. The van der Waals surface area contributed by atoms with E-state index in [9.17, 15) is 4.79 Å². The van der Waals surface area contributed by atoms with Gasteiger partial charge in [-0.3, -0.25) is 4.79 Å². The topological polar surface area (TPSA) is 17.1 Å². The van der Waals surface area contributed by atoms with E-state index < -0.39 is 0 Å². The minimum Gasteiger partial charge on any atom is -0.299 e. The van der Waals surface area contributed by atoms with Crippen LogP contribution in [0.5, 0.6) is 0 Å². The summed E-state index contributed by atoms with van der Waals surface area (Å²) in [5.41, 5.74) is 1.21. The molecular weight excluding hydrogens is 196 g/mol. The summed E-state index contributed by atoms with van der Waals surface area (Å²) < 4.78 is 0. The third kappa shape index (κ3) is 3.06. The lowest BCUT2D eigenvalue weighted by Crippen LogP contribution is -2.17. The largest absolute Gasteiger partial charge is 0.299 e. The SMILES string of the molecule is O=C1CCCC[C@H]1C/C=C/c1ccccc1. The molecule has 0 heterocycles. The summed E-state index contributed by atoms with van der Waals surface area (Å²) in [5, 5.41) is 0. The Morgan fingerprint density at radius 3 is 2.75 bits per heavy atom. The van der Waals surface area contributed by atoms with Crippen LogP contribution in [-0.4, -0.2) is 5.78 Å². The average Bonchev–Trinajstić information content (AvgIpc) is 2.33. The average molecular weight is 214 g/mol. The quantitative estimate of drug-likeness (QED) is 0.747. The highest BCUT2D eigenvalue weighted by molar-refractivity contribution is 5.81. The molecular formula is C15H18O. The molecule has 0 bridgehead atoms. The number of hydrogen-bond donors (Lipinski definition) is 0. The Labute approximate surface area is 97.2 Å². The molecule has 0 amide bonds. The van der Waals surface area contributed by atoms with Gasteiger partial charge in [0.05, 0.1) is 0 Å². The van der Waals surface area contributed by atoms with Crippen LogP contribution in [0.15, 0.2) is 36.4 Å². The Morgan fingerprint density at radius 1 is 1.19 bits per heavy atom. The molecule has 0 unspecified atom stereocenters. The molecule has 1 aromatic rings. The molecule has 1 aromatic carbocycles. The maximum atomic E-state index is 11.6. The molecule has 2 rings (SSSR count). The number of ketones is 1. The number of carbonyl (C=O) groups is 1. The van der Waals surface area contributed by atoms with E-state index in [0.717, 1.165) is 25.7 Å². The zero-order valence-electron chi connectivity index (χ0n) is 9.56. The maximum Gasteiger partial charge on any atom is 0.136 e. The van der Waals surface area contributed by atoms with Crippen LogP contribution in [0.1, 0.15) is 37.7 Å². The molecule has 0 aliphatic heterocycles. The number of carbonyl (C=O) groups excluding carboxylic acids is 1. The highest BCUT2D eigenvalue weighted by atomic mass is 16.1. The van der Waals surface area contributed by atoms with Crippen LogP contribution >= 0.6 is 0 Å². The second kappa shape index (κ2) is 5.64.